The monoisotopic (exact) mass is 454 g/mol. The first-order valence-corrected chi connectivity index (χ1v) is 7.83. The molecule has 2 fully saturated rings. The van der Waals surface area contributed by atoms with Crippen molar-refractivity contribution in [2.45, 2.75) is 59.2 Å². The fourth-order valence-corrected chi connectivity index (χ4v) is 2.92. The van der Waals surface area contributed by atoms with Crippen molar-refractivity contribution >= 4 is 0 Å². The van der Waals surface area contributed by atoms with Gasteiger partial charge in [0, 0.05) is 0 Å². The zero-order valence-corrected chi connectivity index (χ0v) is 14.6. The standard InChI is InChI=1S/C12H22O18/c13-1-3-4(15)5(16)6(2-14,28-3)29-12(27)9(21,22)7(17,18)8(19,20)10(23,30-12)11(24,25)26/h3-5,13-27H,1-2H2/t3-,4-,5+,6?,10+,12+/m1/s1. The highest BCUT2D eigenvalue weighted by molar-refractivity contribution is 5.12. The molecule has 0 spiro atoms. The lowest BCUT2D eigenvalue weighted by atomic mass is 9.83. The first-order valence-electron chi connectivity index (χ1n) is 7.83. The molecule has 0 aromatic rings. The van der Waals surface area contributed by atoms with E-state index in [4.69, 9.17) is 9.84 Å². The van der Waals surface area contributed by atoms with Crippen molar-refractivity contribution in [1.29, 1.82) is 0 Å². The summed E-state index contributed by atoms with van der Waals surface area (Å²) in [7, 11) is 0. The van der Waals surface area contributed by atoms with Crippen LogP contribution >= 0.6 is 0 Å². The number of aliphatic hydroxyl groups excluding tert-OH is 4. The lowest BCUT2D eigenvalue weighted by Gasteiger charge is -2.60. The molecule has 2 saturated heterocycles. The summed E-state index contributed by atoms with van der Waals surface area (Å²) in [5, 5.41) is 145. The predicted molar refractivity (Wildman–Crippen MR) is 76.8 cm³/mol. The Bertz CT molecular complexity index is 658. The van der Waals surface area contributed by atoms with Gasteiger partial charge in [-0.05, 0) is 0 Å². The van der Waals surface area contributed by atoms with Crippen LogP contribution in [0.3, 0.4) is 0 Å². The number of hydrogen-bond acceptors (Lipinski definition) is 18. The Morgan fingerprint density at radius 2 is 1.30 bits per heavy atom. The Morgan fingerprint density at radius 3 is 1.67 bits per heavy atom. The van der Waals surface area contributed by atoms with Crippen molar-refractivity contribution in [2.75, 3.05) is 13.2 Å². The Morgan fingerprint density at radius 1 is 0.800 bits per heavy atom. The lowest BCUT2D eigenvalue weighted by Crippen LogP contribution is -2.92. The largest absolute Gasteiger partial charge is 0.394 e. The van der Waals surface area contributed by atoms with Crippen molar-refractivity contribution in [3.05, 3.63) is 0 Å². The van der Waals surface area contributed by atoms with Gasteiger partial charge in [0.25, 0.3) is 11.6 Å². The molecule has 18 heteroatoms. The highest BCUT2D eigenvalue weighted by atomic mass is 17.0. The SMILES string of the molecule is OC[C@H]1OC(CO)(O[C@]2(O)O[C@](O)(C(O)(O)O)C(O)(O)C(O)(O)C2(O)O)[C@@H](O)[C@@H]1O. The average molecular weight is 454 g/mol. The van der Waals surface area contributed by atoms with Gasteiger partial charge in [0.2, 0.25) is 5.79 Å². The summed E-state index contributed by atoms with van der Waals surface area (Å²) >= 11 is 0. The lowest BCUT2D eigenvalue weighted by molar-refractivity contribution is -0.684. The van der Waals surface area contributed by atoms with Crippen molar-refractivity contribution < 1.29 is 90.8 Å². The molecule has 15 N–H and O–H groups in total. The summed E-state index contributed by atoms with van der Waals surface area (Å²) in [5.41, 5.74) is 0. The molecule has 0 amide bonds. The zero-order chi connectivity index (χ0) is 23.8. The molecule has 0 radical (unpaired) electrons. The van der Waals surface area contributed by atoms with E-state index in [9.17, 15) is 71.5 Å². The third-order valence-electron chi connectivity index (χ3n) is 4.84. The number of aliphatic hydroxyl groups is 15. The molecule has 2 heterocycles. The molecule has 2 rings (SSSR count). The summed E-state index contributed by atoms with van der Waals surface area (Å²) in [6, 6.07) is 0. The van der Waals surface area contributed by atoms with E-state index in [1.807, 2.05) is 0 Å². The quantitative estimate of drug-likeness (QED) is 0.171. The highest BCUT2D eigenvalue weighted by Gasteiger charge is 2.89. The summed E-state index contributed by atoms with van der Waals surface area (Å²) in [4.78, 5) is 0. The molecule has 0 aromatic carbocycles. The summed E-state index contributed by atoms with van der Waals surface area (Å²) < 4.78 is 13.1. The van der Waals surface area contributed by atoms with E-state index < -0.39 is 72.4 Å². The second-order valence-electron chi connectivity index (χ2n) is 6.83. The average Bonchev–Trinajstić information content (AvgIpc) is 2.84. The summed E-state index contributed by atoms with van der Waals surface area (Å²) in [6.07, 6.45) is -6.36. The van der Waals surface area contributed by atoms with E-state index in [0.29, 0.717) is 0 Å². The van der Waals surface area contributed by atoms with Gasteiger partial charge in [-0.15, -0.1) is 0 Å². The Labute approximate surface area is 164 Å². The van der Waals surface area contributed by atoms with Crippen molar-refractivity contribution in [1.82, 2.24) is 0 Å². The molecular weight excluding hydrogens is 432 g/mol. The Balaban J connectivity index is 2.65. The minimum absolute atomic E-state index is 1.07. The second kappa shape index (κ2) is 6.89. The van der Waals surface area contributed by atoms with Crippen LogP contribution in [0.15, 0.2) is 0 Å². The normalized spacial score (nSPS) is 45.5. The van der Waals surface area contributed by atoms with Crippen molar-refractivity contribution in [3.8, 4) is 0 Å². The van der Waals surface area contributed by atoms with Gasteiger partial charge in [-0.3, -0.25) is 9.47 Å². The van der Waals surface area contributed by atoms with Crippen LogP contribution < -0.4 is 0 Å². The molecule has 0 aromatic heterocycles. The van der Waals surface area contributed by atoms with E-state index in [1.165, 1.54) is 0 Å². The predicted octanol–water partition coefficient (Wildman–Crippen LogP) is -10.2. The molecule has 1 unspecified atom stereocenters. The molecule has 0 aliphatic carbocycles. The summed E-state index contributed by atoms with van der Waals surface area (Å²) in [6.45, 7) is -2.71. The van der Waals surface area contributed by atoms with Crippen molar-refractivity contribution in [3.63, 3.8) is 0 Å². The molecule has 2 aliphatic rings. The molecule has 18 nitrogen and oxygen atoms in total. The van der Waals surface area contributed by atoms with Crippen LogP contribution in [0.2, 0.25) is 0 Å². The third-order valence-corrected chi connectivity index (χ3v) is 4.84. The van der Waals surface area contributed by atoms with E-state index in [2.05, 4.69) is 9.47 Å². The van der Waals surface area contributed by atoms with Gasteiger partial charge < -0.3 is 81.3 Å². The highest BCUT2D eigenvalue weighted by Crippen LogP contribution is 2.53. The maximum Gasteiger partial charge on any atom is 0.349 e. The van der Waals surface area contributed by atoms with Crippen LogP contribution in [0, 0.1) is 0 Å². The molecule has 2 aliphatic heterocycles. The fraction of sp³-hybridized carbons (Fsp3) is 1.00. The van der Waals surface area contributed by atoms with Crippen LogP contribution in [0.5, 0.6) is 0 Å². The van der Waals surface area contributed by atoms with Crippen LogP contribution in [0.4, 0.5) is 0 Å². The van der Waals surface area contributed by atoms with Gasteiger partial charge in [-0.25, -0.2) is 0 Å². The number of rotatable bonds is 5. The number of ether oxygens (including phenoxy) is 3. The smallest absolute Gasteiger partial charge is 0.349 e. The van der Waals surface area contributed by atoms with Gasteiger partial charge in [-0.2, -0.15) is 0 Å². The van der Waals surface area contributed by atoms with Gasteiger partial charge in [0.15, 0.2) is 0 Å². The van der Waals surface area contributed by atoms with E-state index >= 15 is 0 Å². The van der Waals surface area contributed by atoms with Gasteiger partial charge in [-0.1, -0.05) is 0 Å². The van der Waals surface area contributed by atoms with Gasteiger partial charge >= 0.3 is 23.5 Å². The van der Waals surface area contributed by atoms with E-state index in [0.717, 1.165) is 0 Å². The fourth-order valence-electron chi connectivity index (χ4n) is 2.92. The topological polar surface area (TPSA) is 331 Å². The van der Waals surface area contributed by atoms with Crippen LogP contribution in [0.1, 0.15) is 0 Å². The first kappa shape index (κ1) is 25.5. The maximum atomic E-state index is 10.4. The van der Waals surface area contributed by atoms with Crippen LogP contribution in [-0.4, -0.2) is 149 Å². The molecule has 0 saturated carbocycles. The molecular formula is C12H22O18. The second-order valence-corrected chi connectivity index (χ2v) is 6.83. The Hall–Kier alpha value is -0.720. The van der Waals surface area contributed by atoms with Gasteiger partial charge in [0.1, 0.15) is 24.9 Å². The molecule has 178 valence electrons. The molecule has 6 atom stereocenters. The minimum Gasteiger partial charge on any atom is -0.394 e. The molecule has 30 heavy (non-hydrogen) atoms. The zero-order valence-electron chi connectivity index (χ0n) is 14.6. The van der Waals surface area contributed by atoms with Crippen molar-refractivity contribution in [2.24, 2.45) is 0 Å². The maximum absolute atomic E-state index is 10.4. The van der Waals surface area contributed by atoms with Gasteiger partial charge in [0.05, 0.1) is 6.61 Å². The molecule has 0 bridgehead atoms. The van der Waals surface area contributed by atoms with Crippen LogP contribution in [0.25, 0.3) is 0 Å². The number of hydrogen-bond donors (Lipinski definition) is 15. The van der Waals surface area contributed by atoms with E-state index in [-0.39, 0.29) is 0 Å². The summed E-state index contributed by atoms with van der Waals surface area (Å²) in [5.74, 6) is -32.9. The Kier molecular flexibility index (Phi) is 5.86. The van der Waals surface area contributed by atoms with E-state index in [1.54, 1.807) is 0 Å². The van der Waals surface area contributed by atoms with Crippen LogP contribution in [-0.2, 0) is 14.2 Å². The minimum atomic E-state index is -5.09. The first-order chi connectivity index (χ1) is 13.2. The third kappa shape index (κ3) is 2.92.